The highest BCUT2D eigenvalue weighted by Gasteiger charge is 2.08. The molecule has 0 heterocycles. The topological polar surface area (TPSA) is 81.7 Å². The highest BCUT2D eigenvalue weighted by Crippen LogP contribution is 2.17. The maximum atomic E-state index is 11.7. The largest absolute Gasteiger partial charge is 0.482 e. The lowest BCUT2D eigenvalue weighted by atomic mass is 10.2. The summed E-state index contributed by atoms with van der Waals surface area (Å²) in [6, 6.07) is 14.5. The van der Waals surface area contributed by atoms with Gasteiger partial charge in [-0.1, -0.05) is 17.7 Å². The summed E-state index contributed by atoms with van der Waals surface area (Å²) in [5.41, 5.74) is 1.72. The van der Waals surface area contributed by atoms with Crippen molar-refractivity contribution < 1.29 is 23.9 Å². The lowest BCUT2D eigenvalue weighted by Gasteiger charge is -2.08. The fraction of sp³-hybridized carbons (Fsp3) is 0.250. The van der Waals surface area contributed by atoms with Gasteiger partial charge in [0.25, 0.3) is 5.91 Å². The molecule has 0 spiro atoms. The van der Waals surface area contributed by atoms with Gasteiger partial charge in [-0.05, 0) is 43.3 Å². The Labute approximate surface area is 162 Å². The van der Waals surface area contributed by atoms with Crippen LogP contribution >= 0.6 is 11.8 Å². The second kappa shape index (κ2) is 11.0. The summed E-state index contributed by atoms with van der Waals surface area (Å²) < 4.78 is 10.1. The monoisotopic (exact) mass is 387 g/mol. The van der Waals surface area contributed by atoms with Gasteiger partial charge >= 0.3 is 5.97 Å². The number of hydrogen-bond donors (Lipinski definition) is 1. The van der Waals surface area contributed by atoms with Crippen LogP contribution in [0.4, 0.5) is 0 Å². The summed E-state index contributed by atoms with van der Waals surface area (Å²) in [5, 5.41) is 2.70. The molecule has 0 atom stereocenters. The van der Waals surface area contributed by atoms with Gasteiger partial charge in [-0.3, -0.25) is 9.59 Å². The van der Waals surface area contributed by atoms with E-state index in [2.05, 4.69) is 5.32 Å². The first-order valence-electron chi connectivity index (χ1n) is 8.36. The minimum Gasteiger partial charge on any atom is -0.482 e. The van der Waals surface area contributed by atoms with E-state index in [4.69, 9.17) is 9.47 Å². The number of carbonyl (C=O) groups excluding carboxylic acids is 3. The summed E-state index contributed by atoms with van der Waals surface area (Å²) in [6.07, 6.45) is 0.718. The predicted molar refractivity (Wildman–Crippen MR) is 103 cm³/mol. The molecule has 1 amide bonds. The highest BCUT2D eigenvalue weighted by atomic mass is 32.2. The Hall–Kier alpha value is -2.80. The molecule has 0 saturated heterocycles. The van der Waals surface area contributed by atoms with E-state index in [-0.39, 0.29) is 19.1 Å². The Bertz CT molecular complexity index is 759. The zero-order valence-corrected chi connectivity index (χ0v) is 15.8. The number of carbonyl (C=O) groups is 3. The molecular weight excluding hydrogens is 366 g/mol. The summed E-state index contributed by atoms with van der Waals surface area (Å²) >= 11 is 1.64. The number of rotatable bonds is 10. The van der Waals surface area contributed by atoms with E-state index in [1.807, 2.05) is 31.2 Å². The average molecular weight is 387 g/mol. The van der Waals surface area contributed by atoms with Gasteiger partial charge in [0.15, 0.2) is 13.2 Å². The van der Waals surface area contributed by atoms with Crippen LogP contribution in [0, 0.1) is 6.92 Å². The molecule has 0 aliphatic carbocycles. The maximum Gasteiger partial charge on any atom is 0.344 e. The van der Waals surface area contributed by atoms with Crippen molar-refractivity contribution in [2.75, 3.05) is 25.5 Å². The lowest BCUT2D eigenvalue weighted by molar-refractivity contribution is -0.150. The molecule has 6 nitrogen and oxygen atoms in total. The number of thioether (sulfide) groups is 1. The number of esters is 1. The highest BCUT2D eigenvalue weighted by molar-refractivity contribution is 7.99. The molecule has 2 aromatic rings. The minimum absolute atomic E-state index is 0.309. The van der Waals surface area contributed by atoms with E-state index in [1.165, 1.54) is 5.56 Å². The van der Waals surface area contributed by atoms with Crippen molar-refractivity contribution in [3.63, 3.8) is 0 Å². The first-order chi connectivity index (χ1) is 13.1. The van der Waals surface area contributed by atoms with Gasteiger partial charge in [0, 0.05) is 22.8 Å². The van der Waals surface area contributed by atoms with Gasteiger partial charge in [0.2, 0.25) is 0 Å². The number of benzene rings is 2. The first kappa shape index (κ1) is 20.5. The van der Waals surface area contributed by atoms with Crippen LogP contribution in [0.25, 0.3) is 0 Å². The van der Waals surface area contributed by atoms with Crippen molar-refractivity contribution in [3.8, 4) is 5.75 Å². The molecule has 2 aromatic carbocycles. The van der Waals surface area contributed by atoms with Crippen molar-refractivity contribution in [2.24, 2.45) is 0 Å². The van der Waals surface area contributed by atoms with Crippen LogP contribution in [0.1, 0.15) is 15.9 Å². The van der Waals surface area contributed by atoms with Crippen LogP contribution in [0.5, 0.6) is 5.75 Å². The number of hydrogen-bond acceptors (Lipinski definition) is 6. The maximum absolute atomic E-state index is 11.7. The number of amides is 1. The fourth-order valence-electron chi connectivity index (χ4n) is 2.02. The zero-order chi connectivity index (χ0) is 19.5. The Morgan fingerprint density at radius 2 is 1.74 bits per heavy atom. The normalized spacial score (nSPS) is 10.1. The summed E-state index contributed by atoms with van der Waals surface area (Å²) in [5.74, 6) is 0.166. The van der Waals surface area contributed by atoms with Crippen LogP contribution < -0.4 is 10.1 Å². The lowest BCUT2D eigenvalue weighted by Crippen LogP contribution is -2.31. The van der Waals surface area contributed by atoms with Crippen molar-refractivity contribution in [1.82, 2.24) is 5.32 Å². The van der Waals surface area contributed by atoms with Crippen LogP contribution in [-0.2, 0) is 14.3 Å². The molecule has 142 valence electrons. The molecule has 7 heteroatoms. The van der Waals surface area contributed by atoms with E-state index >= 15 is 0 Å². The van der Waals surface area contributed by atoms with E-state index in [1.54, 1.807) is 36.0 Å². The van der Waals surface area contributed by atoms with Gasteiger partial charge < -0.3 is 14.8 Å². The molecule has 0 radical (unpaired) electrons. The van der Waals surface area contributed by atoms with Crippen molar-refractivity contribution >= 4 is 29.9 Å². The molecule has 2 rings (SSSR count). The molecule has 1 N–H and O–H groups in total. The number of ether oxygens (including phenoxy) is 2. The molecule has 27 heavy (non-hydrogen) atoms. The molecule has 0 aliphatic heterocycles. The van der Waals surface area contributed by atoms with E-state index in [9.17, 15) is 14.4 Å². The van der Waals surface area contributed by atoms with Crippen molar-refractivity contribution in [2.45, 2.75) is 11.8 Å². The van der Waals surface area contributed by atoms with E-state index in [0.29, 0.717) is 17.9 Å². The Balaban J connectivity index is 1.56. The summed E-state index contributed by atoms with van der Waals surface area (Å²) in [6.45, 7) is 1.86. The average Bonchev–Trinajstić information content (AvgIpc) is 2.69. The smallest absolute Gasteiger partial charge is 0.344 e. The van der Waals surface area contributed by atoms with Crippen molar-refractivity contribution in [1.29, 1.82) is 0 Å². The van der Waals surface area contributed by atoms with E-state index in [0.717, 1.165) is 16.9 Å². The number of aryl methyl sites for hydroxylation is 1. The van der Waals surface area contributed by atoms with Crippen LogP contribution in [0.3, 0.4) is 0 Å². The van der Waals surface area contributed by atoms with Gasteiger partial charge in [-0.15, -0.1) is 11.8 Å². The van der Waals surface area contributed by atoms with Gasteiger partial charge in [-0.2, -0.15) is 0 Å². The van der Waals surface area contributed by atoms with E-state index < -0.39 is 5.97 Å². The third-order valence-corrected chi connectivity index (χ3v) is 4.46. The second-order valence-electron chi connectivity index (χ2n) is 5.65. The van der Waals surface area contributed by atoms with Crippen LogP contribution in [-0.4, -0.2) is 43.7 Å². The molecule has 0 unspecified atom stereocenters. The summed E-state index contributed by atoms with van der Waals surface area (Å²) in [4.78, 5) is 35.0. The molecule has 0 aliphatic rings. The first-order valence-corrected chi connectivity index (χ1v) is 9.35. The Kier molecular flexibility index (Phi) is 8.38. The van der Waals surface area contributed by atoms with Gasteiger partial charge in [0.1, 0.15) is 12.0 Å². The van der Waals surface area contributed by atoms with Crippen LogP contribution in [0.2, 0.25) is 0 Å². The Morgan fingerprint density at radius 3 is 2.41 bits per heavy atom. The predicted octanol–water partition coefficient (Wildman–Crippen LogP) is 2.64. The van der Waals surface area contributed by atoms with Gasteiger partial charge in [0.05, 0.1) is 0 Å². The molecule has 0 saturated carbocycles. The third kappa shape index (κ3) is 7.96. The fourth-order valence-corrected chi connectivity index (χ4v) is 2.79. The quantitative estimate of drug-likeness (QED) is 0.292. The minimum atomic E-state index is -0.640. The second-order valence-corrected chi connectivity index (χ2v) is 6.82. The Morgan fingerprint density at radius 1 is 1.04 bits per heavy atom. The van der Waals surface area contributed by atoms with Gasteiger partial charge in [-0.25, -0.2) is 4.79 Å². The SMILES string of the molecule is Cc1ccc(SCCNC(=O)COC(=O)COc2ccc(C=O)cc2)cc1. The third-order valence-electron chi connectivity index (χ3n) is 3.45. The zero-order valence-electron chi connectivity index (χ0n) is 15.0. The molecular formula is C20H21NO5S. The van der Waals surface area contributed by atoms with Crippen molar-refractivity contribution in [3.05, 3.63) is 59.7 Å². The molecule has 0 bridgehead atoms. The molecule has 0 aromatic heterocycles. The number of aldehydes is 1. The van der Waals surface area contributed by atoms with Crippen LogP contribution in [0.15, 0.2) is 53.4 Å². The summed E-state index contributed by atoms with van der Waals surface area (Å²) in [7, 11) is 0. The molecule has 0 fully saturated rings. The standard InChI is InChI=1S/C20H21NO5S/c1-15-2-8-18(9-3-15)27-11-10-21-19(23)13-26-20(24)14-25-17-6-4-16(12-22)5-7-17/h2-9,12H,10-11,13-14H2,1H3,(H,21,23). The number of nitrogens with one attached hydrogen (secondary N) is 1.